The maximum Gasteiger partial charge on any atom is 0.170 e. The van der Waals surface area contributed by atoms with Crippen molar-refractivity contribution in [2.24, 2.45) is 12.8 Å². The van der Waals surface area contributed by atoms with Crippen molar-refractivity contribution in [2.45, 2.75) is 0 Å². The summed E-state index contributed by atoms with van der Waals surface area (Å²) in [6.07, 6.45) is 0. The summed E-state index contributed by atoms with van der Waals surface area (Å²) in [6.45, 7) is 0. The summed E-state index contributed by atoms with van der Waals surface area (Å²) >= 11 is 0. The fraction of sp³-hybridized carbons (Fsp3) is 0.250. The maximum atomic E-state index is 6.97. The zero-order valence-corrected chi connectivity index (χ0v) is 5.50. The fourth-order valence-corrected chi connectivity index (χ4v) is 0.556. The Bertz CT molecular complexity index is 261. The third-order valence-corrected chi connectivity index (χ3v) is 1.13. The van der Waals surface area contributed by atoms with Crippen LogP contribution in [0.3, 0.4) is 0 Å². The summed E-state index contributed by atoms with van der Waals surface area (Å²) in [7, 11) is 1.63. The fourth-order valence-electron chi connectivity index (χ4n) is 0.556. The molecule has 0 aliphatic rings. The number of anilines is 1. The standard InChI is InChI=1S/C4H8N6/c1-10-4(7)2(3(5)6)8-9-10/h7H2,1H3,(H3,5,6). The van der Waals surface area contributed by atoms with E-state index in [1.165, 1.54) is 4.68 Å². The molecule has 0 atom stereocenters. The molecule has 6 nitrogen and oxygen atoms in total. The number of nitrogen functional groups attached to an aromatic ring is 2. The van der Waals surface area contributed by atoms with E-state index in [1.54, 1.807) is 7.05 Å². The first-order chi connectivity index (χ1) is 4.63. The number of rotatable bonds is 1. The second-order valence-corrected chi connectivity index (χ2v) is 1.86. The van der Waals surface area contributed by atoms with Crippen LogP contribution in [0.2, 0.25) is 0 Å². The molecule has 0 saturated carbocycles. The van der Waals surface area contributed by atoms with Gasteiger partial charge >= 0.3 is 0 Å². The highest BCUT2D eigenvalue weighted by Crippen LogP contribution is 2.02. The Morgan fingerprint density at radius 1 is 1.70 bits per heavy atom. The van der Waals surface area contributed by atoms with E-state index < -0.39 is 0 Å². The molecule has 0 amide bonds. The lowest BCUT2D eigenvalue weighted by atomic mass is 10.4. The molecule has 0 fully saturated rings. The number of nitrogens with two attached hydrogens (primary N) is 2. The number of aryl methyl sites for hydroxylation is 1. The first-order valence-corrected chi connectivity index (χ1v) is 2.62. The van der Waals surface area contributed by atoms with Gasteiger partial charge in [0.2, 0.25) is 0 Å². The lowest BCUT2D eigenvalue weighted by Gasteiger charge is -1.92. The summed E-state index contributed by atoms with van der Waals surface area (Å²) in [5, 5.41) is 14.1. The van der Waals surface area contributed by atoms with Crippen LogP contribution in [0.25, 0.3) is 0 Å². The molecule has 0 aromatic carbocycles. The highest BCUT2D eigenvalue weighted by molar-refractivity contribution is 5.96. The van der Waals surface area contributed by atoms with Gasteiger partial charge in [0.15, 0.2) is 11.5 Å². The van der Waals surface area contributed by atoms with Gasteiger partial charge in [-0.15, -0.1) is 5.10 Å². The van der Waals surface area contributed by atoms with Gasteiger partial charge in [-0.2, -0.15) is 0 Å². The molecule has 0 aliphatic heterocycles. The Hall–Kier alpha value is -1.59. The number of nitrogens with zero attached hydrogens (tertiary/aromatic N) is 3. The number of nitrogens with one attached hydrogen (secondary N) is 1. The highest BCUT2D eigenvalue weighted by atomic mass is 15.4. The Morgan fingerprint density at radius 2 is 2.30 bits per heavy atom. The van der Waals surface area contributed by atoms with Crippen molar-refractivity contribution in [3.8, 4) is 0 Å². The predicted molar refractivity (Wildman–Crippen MR) is 36.4 cm³/mol. The van der Waals surface area contributed by atoms with Crippen LogP contribution < -0.4 is 11.5 Å². The maximum absolute atomic E-state index is 6.97. The minimum Gasteiger partial charge on any atom is -0.382 e. The summed E-state index contributed by atoms with van der Waals surface area (Å²) in [5.74, 6) is 0.151. The smallest absolute Gasteiger partial charge is 0.170 e. The molecule has 10 heavy (non-hydrogen) atoms. The Balaban J connectivity index is 3.17. The van der Waals surface area contributed by atoms with Gasteiger partial charge in [-0.1, -0.05) is 5.21 Å². The van der Waals surface area contributed by atoms with Crippen molar-refractivity contribution in [3.63, 3.8) is 0 Å². The van der Waals surface area contributed by atoms with Gasteiger partial charge < -0.3 is 11.5 Å². The quantitative estimate of drug-likeness (QED) is 0.332. The first kappa shape index (κ1) is 6.53. The summed E-state index contributed by atoms with van der Waals surface area (Å²) in [4.78, 5) is 0. The number of hydrogen-bond donors (Lipinski definition) is 3. The zero-order valence-electron chi connectivity index (χ0n) is 5.50. The van der Waals surface area contributed by atoms with E-state index in [-0.39, 0.29) is 11.5 Å². The minimum atomic E-state index is -0.161. The average molecular weight is 140 g/mol. The third-order valence-electron chi connectivity index (χ3n) is 1.13. The molecule has 1 aromatic rings. The Morgan fingerprint density at radius 3 is 2.50 bits per heavy atom. The van der Waals surface area contributed by atoms with Crippen LogP contribution in [0.15, 0.2) is 0 Å². The van der Waals surface area contributed by atoms with Gasteiger partial charge in [-0.3, -0.25) is 5.41 Å². The largest absolute Gasteiger partial charge is 0.382 e. The molecule has 0 bridgehead atoms. The van der Waals surface area contributed by atoms with Crippen LogP contribution in [0.1, 0.15) is 5.69 Å². The van der Waals surface area contributed by atoms with E-state index in [4.69, 9.17) is 16.9 Å². The van der Waals surface area contributed by atoms with Crippen molar-refractivity contribution < 1.29 is 0 Å². The van der Waals surface area contributed by atoms with Crippen molar-refractivity contribution in [3.05, 3.63) is 5.69 Å². The van der Waals surface area contributed by atoms with E-state index >= 15 is 0 Å². The van der Waals surface area contributed by atoms with E-state index in [0.29, 0.717) is 5.82 Å². The summed E-state index contributed by atoms with van der Waals surface area (Å²) in [6, 6.07) is 0. The molecule has 1 rings (SSSR count). The molecule has 5 N–H and O–H groups in total. The van der Waals surface area contributed by atoms with Gasteiger partial charge in [-0.25, -0.2) is 4.68 Å². The second kappa shape index (κ2) is 1.98. The van der Waals surface area contributed by atoms with E-state index in [2.05, 4.69) is 10.3 Å². The molecule has 0 radical (unpaired) electrons. The van der Waals surface area contributed by atoms with Gasteiger partial charge in [-0.05, 0) is 0 Å². The van der Waals surface area contributed by atoms with Crippen LogP contribution >= 0.6 is 0 Å². The van der Waals surface area contributed by atoms with E-state index in [0.717, 1.165) is 0 Å². The lowest BCUT2D eigenvalue weighted by molar-refractivity contribution is 0.722. The van der Waals surface area contributed by atoms with Crippen molar-refractivity contribution in [1.29, 1.82) is 5.41 Å². The molecule has 1 heterocycles. The van der Waals surface area contributed by atoms with Gasteiger partial charge in [0, 0.05) is 7.05 Å². The minimum absolute atomic E-state index is 0.161. The van der Waals surface area contributed by atoms with Gasteiger partial charge in [0.25, 0.3) is 0 Å². The lowest BCUT2D eigenvalue weighted by Crippen LogP contribution is -2.14. The summed E-state index contributed by atoms with van der Waals surface area (Å²) < 4.78 is 1.36. The normalized spacial score (nSPS) is 9.70. The number of hydrogen-bond acceptors (Lipinski definition) is 4. The van der Waals surface area contributed by atoms with Gasteiger partial charge in [0.05, 0.1) is 0 Å². The molecule has 0 aliphatic carbocycles. The molecule has 0 unspecified atom stereocenters. The molecule has 0 saturated heterocycles. The Kier molecular flexibility index (Phi) is 1.29. The first-order valence-electron chi connectivity index (χ1n) is 2.62. The SMILES string of the molecule is Cn1nnc(C(=N)N)c1N. The second-order valence-electron chi connectivity index (χ2n) is 1.86. The predicted octanol–water partition coefficient (Wildman–Crippen LogP) is -1.32. The van der Waals surface area contributed by atoms with E-state index in [9.17, 15) is 0 Å². The van der Waals surface area contributed by atoms with Crippen molar-refractivity contribution in [1.82, 2.24) is 15.0 Å². The number of aromatic nitrogens is 3. The van der Waals surface area contributed by atoms with Crippen LogP contribution in [-0.4, -0.2) is 20.8 Å². The van der Waals surface area contributed by atoms with Crippen LogP contribution in [-0.2, 0) is 7.05 Å². The summed E-state index contributed by atoms with van der Waals surface area (Å²) in [5.41, 5.74) is 10.8. The zero-order chi connectivity index (χ0) is 7.72. The topological polar surface area (TPSA) is 107 Å². The van der Waals surface area contributed by atoms with Crippen LogP contribution in [0.4, 0.5) is 5.82 Å². The molecule has 6 heteroatoms. The average Bonchev–Trinajstić information content (AvgIpc) is 2.14. The molecule has 0 spiro atoms. The van der Waals surface area contributed by atoms with Crippen LogP contribution in [0, 0.1) is 5.41 Å². The van der Waals surface area contributed by atoms with Crippen molar-refractivity contribution >= 4 is 11.7 Å². The third kappa shape index (κ3) is 0.790. The Labute approximate surface area is 57.3 Å². The molecule has 1 aromatic heterocycles. The van der Waals surface area contributed by atoms with Crippen molar-refractivity contribution in [2.75, 3.05) is 5.73 Å². The van der Waals surface area contributed by atoms with Crippen LogP contribution in [0.5, 0.6) is 0 Å². The highest BCUT2D eigenvalue weighted by Gasteiger charge is 2.07. The molecular formula is C4H8N6. The molecule has 54 valence electrons. The number of amidine groups is 1. The monoisotopic (exact) mass is 140 g/mol. The molecular weight excluding hydrogens is 132 g/mol. The van der Waals surface area contributed by atoms with Gasteiger partial charge in [0.1, 0.15) is 5.84 Å². The van der Waals surface area contributed by atoms with E-state index in [1.807, 2.05) is 0 Å².